The van der Waals surface area contributed by atoms with Crippen molar-refractivity contribution in [2.75, 3.05) is 39.4 Å². The quantitative estimate of drug-likeness (QED) is 0.388. The van der Waals surface area contributed by atoms with Crippen LogP contribution in [0.4, 0.5) is 0 Å². The molecule has 9 nitrogen and oxygen atoms in total. The molecule has 0 aliphatic carbocycles. The van der Waals surface area contributed by atoms with Gasteiger partial charge in [-0.3, -0.25) is 14.5 Å². The van der Waals surface area contributed by atoms with Crippen LogP contribution in [0.3, 0.4) is 0 Å². The van der Waals surface area contributed by atoms with Crippen molar-refractivity contribution in [1.82, 2.24) is 4.90 Å². The third-order valence-corrected chi connectivity index (χ3v) is 2.87. The van der Waals surface area contributed by atoms with Crippen molar-refractivity contribution in [1.29, 1.82) is 0 Å². The zero-order valence-corrected chi connectivity index (χ0v) is 15.7. The summed E-state index contributed by atoms with van der Waals surface area (Å²) in [5, 5.41) is 9.06. The summed E-state index contributed by atoms with van der Waals surface area (Å²) in [5.41, 5.74) is 2.98. The van der Waals surface area contributed by atoms with Crippen LogP contribution >= 0.6 is 0 Å². The highest BCUT2D eigenvalue weighted by molar-refractivity contribution is 5.83. The van der Waals surface area contributed by atoms with Crippen LogP contribution < -0.4 is 5.73 Å². The van der Waals surface area contributed by atoms with Gasteiger partial charge in [0, 0.05) is 13.1 Å². The average Bonchev–Trinajstić information content (AvgIpc) is 2.44. The number of carbonyl (C=O) groups excluding carboxylic acids is 3. The second kappa shape index (κ2) is 10.3. The Bertz CT molecular complexity index is 458. The summed E-state index contributed by atoms with van der Waals surface area (Å²) in [6.45, 7) is 7.87. The molecule has 0 aliphatic heterocycles. The fraction of sp³-hybridized carbons (Fsp3) is 0.812. The topological polar surface area (TPSA) is 128 Å². The van der Waals surface area contributed by atoms with Crippen molar-refractivity contribution in [3.63, 3.8) is 0 Å². The lowest BCUT2D eigenvalue weighted by atomic mass is 10.1. The number of ether oxygens (including phenoxy) is 3. The van der Waals surface area contributed by atoms with Crippen molar-refractivity contribution in [3.8, 4) is 0 Å². The monoisotopic (exact) mass is 362 g/mol. The molecular weight excluding hydrogens is 332 g/mol. The van der Waals surface area contributed by atoms with Crippen LogP contribution in [0.1, 0.15) is 34.6 Å². The van der Waals surface area contributed by atoms with Crippen molar-refractivity contribution in [2.45, 2.75) is 45.8 Å². The van der Waals surface area contributed by atoms with Gasteiger partial charge in [-0.2, -0.15) is 0 Å². The number of esters is 3. The number of hydrogen-bond donors (Lipinski definition) is 2. The molecule has 0 spiro atoms. The summed E-state index contributed by atoms with van der Waals surface area (Å²) in [5.74, 6) is -1.87. The molecule has 0 fully saturated rings. The molecule has 0 aromatic rings. The van der Waals surface area contributed by atoms with E-state index in [1.165, 1.54) is 18.7 Å². The van der Waals surface area contributed by atoms with Crippen LogP contribution in [0.5, 0.6) is 0 Å². The molecule has 0 atom stereocenters. The van der Waals surface area contributed by atoms with E-state index in [1.807, 2.05) is 0 Å². The SMILES string of the molecule is CC(C)(C)OC(=O)C(C)(C)OC(=O)CN(CCO)CCOC(=O)CN. The maximum atomic E-state index is 12.1. The smallest absolute Gasteiger partial charge is 0.350 e. The first-order valence-electron chi connectivity index (χ1n) is 8.05. The molecule has 0 radical (unpaired) electrons. The van der Waals surface area contributed by atoms with E-state index in [4.69, 9.17) is 25.1 Å². The Labute approximate surface area is 148 Å². The molecule has 3 N–H and O–H groups in total. The van der Waals surface area contributed by atoms with Crippen LogP contribution in [0.15, 0.2) is 0 Å². The first-order valence-corrected chi connectivity index (χ1v) is 8.05. The number of hydrogen-bond acceptors (Lipinski definition) is 9. The Morgan fingerprint density at radius 2 is 1.60 bits per heavy atom. The number of rotatable bonds is 10. The molecule has 0 rings (SSSR count). The summed E-state index contributed by atoms with van der Waals surface area (Å²) >= 11 is 0. The molecule has 25 heavy (non-hydrogen) atoms. The summed E-state index contributed by atoms with van der Waals surface area (Å²) in [6, 6.07) is 0. The van der Waals surface area contributed by atoms with Gasteiger partial charge >= 0.3 is 17.9 Å². The molecular formula is C16H30N2O7. The van der Waals surface area contributed by atoms with Crippen LogP contribution in [0.25, 0.3) is 0 Å². The van der Waals surface area contributed by atoms with Gasteiger partial charge in [-0.1, -0.05) is 0 Å². The van der Waals surface area contributed by atoms with E-state index in [1.54, 1.807) is 20.8 Å². The van der Waals surface area contributed by atoms with Gasteiger partial charge in [0.15, 0.2) is 0 Å². The van der Waals surface area contributed by atoms with Crippen molar-refractivity contribution in [2.24, 2.45) is 5.73 Å². The van der Waals surface area contributed by atoms with Gasteiger partial charge in [0.1, 0.15) is 12.2 Å². The predicted octanol–water partition coefficient (Wildman–Crippen LogP) is -0.554. The van der Waals surface area contributed by atoms with Gasteiger partial charge < -0.3 is 25.1 Å². The molecule has 0 saturated carbocycles. The summed E-state index contributed by atoms with van der Waals surface area (Å²) < 4.78 is 15.3. The second-order valence-electron chi connectivity index (χ2n) is 6.91. The van der Waals surface area contributed by atoms with Gasteiger partial charge in [0.2, 0.25) is 5.60 Å². The molecule has 0 heterocycles. The van der Waals surface area contributed by atoms with Crippen LogP contribution in [0, 0.1) is 0 Å². The predicted molar refractivity (Wildman–Crippen MR) is 89.6 cm³/mol. The summed E-state index contributed by atoms with van der Waals surface area (Å²) in [6.07, 6.45) is 0. The van der Waals surface area contributed by atoms with E-state index in [9.17, 15) is 14.4 Å². The molecule has 0 saturated heterocycles. The van der Waals surface area contributed by atoms with Gasteiger partial charge in [0.25, 0.3) is 0 Å². The van der Waals surface area contributed by atoms with Gasteiger partial charge in [-0.25, -0.2) is 4.79 Å². The molecule has 0 aromatic heterocycles. The number of nitrogens with two attached hydrogens (primary N) is 1. The zero-order chi connectivity index (χ0) is 19.7. The third kappa shape index (κ3) is 10.7. The standard InChI is InChI=1S/C16H30N2O7/c1-15(2,3)25-14(22)16(4,5)24-13(21)11-18(6-8-19)7-9-23-12(20)10-17/h19H,6-11,17H2,1-5H3. The van der Waals surface area contributed by atoms with Crippen LogP contribution in [0.2, 0.25) is 0 Å². The van der Waals surface area contributed by atoms with Crippen molar-refractivity contribution in [3.05, 3.63) is 0 Å². The largest absolute Gasteiger partial charge is 0.463 e. The molecule has 0 amide bonds. The maximum Gasteiger partial charge on any atom is 0.350 e. The molecule has 0 aliphatic rings. The molecule has 0 unspecified atom stereocenters. The minimum Gasteiger partial charge on any atom is -0.463 e. The Morgan fingerprint density at radius 3 is 2.08 bits per heavy atom. The Balaban J connectivity index is 4.58. The van der Waals surface area contributed by atoms with E-state index in [0.717, 1.165) is 0 Å². The molecule has 0 aromatic carbocycles. The number of carbonyl (C=O) groups is 3. The number of aliphatic hydroxyl groups is 1. The Morgan fingerprint density at radius 1 is 1.00 bits per heavy atom. The van der Waals surface area contributed by atoms with E-state index < -0.39 is 29.1 Å². The number of aliphatic hydroxyl groups excluding tert-OH is 1. The normalized spacial score (nSPS) is 12.0. The highest BCUT2D eigenvalue weighted by Crippen LogP contribution is 2.17. The summed E-state index contributed by atoms with van der Waals surface area (Å²) in [7, 11) is 0. The molecule has 9 heteroatoms. The first-order chi connectivity index (χ1) is 11.4. The lowest BCUT2D eigenvalue weighted by Crippen LogP contribution is -2.45. The summed E-state index contributed by atoms with van der Waals surface area (Å²) in [4.78, 5) is 36.7. The minimum atomic E-state index is -1.44. The number of nitrogens with zero attached hydrogens (tertiary/aromatic N) is 1. The maximum absolute atomic E-state index is 12.1. The highest BCUT2D eigenvalue weighted by Gasteiger charge is 2.36. The van der Waals surface area contributed by atoms with Gasteiger partial charge in [-0.15, -0.1) is 0 Å². The Kier molecular flexibility index (Phi) is 9.61. The fourth-order valence-electron chi connectivity index (χ4n) is 1.70. The van der Waals surface area contributed by atoms with E-state index in [2.05, 4.69) is 0 Å². The average molecular weight is 362 g/mol. The zero-order valence-electron chi connectivity index (χ0n) is 15.7. The Hall–Kier alpha value is -1.71. The van der Waals surface area contributed by atoms with E-state index in [0.29, 0.717) is 0 Å². The van der Waals surface area contributed by atoms with Gasteiger partial charge in [-0.05, 0) is 34.6 Å². The van der Waals surface area contributed by atoms with Crippen LogP contribution in [-0.4, -0.2) is 78.5 Å². The first kappa shape index (κ1) is 23.3. The lowest BCUT2D eigenvalue weighted by Gasteiger charge is -2.29. The van der Waals surface area contributed by atoms with Crippen LogP contribution in [-0.2, 0) is 28.6 Å². The van der Waals surface area contributed by atoms with Gasteiger partial charge in [0.05, 0.1) is 19.7 Å². The van der Waals surface area contributed by atoms with Crippen molar-refractivity contribution >= 4 is 17.9 Å². The fourth-order valence-corrected chi connectivity index (χ4v) is 1.70. The van der Waals surface area contributed by atoms with E-state index >= 15 is 0 Å². The second-order valence-corrected chi connectivity index (χ2v) is 6.91. The van der Waals surface area contributed by atoms with Crippen molar-refractivity contribution < 1.29 is 33.7 Å². The highest BCUT2D eigenvalue weighted by atomic mass is 16.6. The minimum absolute atomic E-state index is 0.0266. The van der Waals surface area contributed by atoms with E-state index in [-0.39, 0.29) is 39.4 Å². The molecule has 0 bridgehead atoms. The third-order valence-electron chi connectivity index (χ3n) is 2.87. The molecule has 146 valence electrons. The lowest BCUT2D eigenvalue weighted by molar-refractivity contribution is -0.187.